The van der Waals surface area contributed by atoms with Gasteiger partial charge in [0.1, 0.15) is 46.5 Å². The first-order valence-corrected chi connectivity index (χ1v) is 26.5. The fraction of sp³-hybridized carbons (Fsp3) is 0.345. The van der Waals surface area contributed by atoms with Crippen molar-refractivity contribution in [1.82, 2.24) is 29.9 Å². The Bertz CT molecular complexity index is 3350. The van der Waals surface area contributed by atoms with E-state index in [1.165, 1.54) is 37.2 Å². The highest BCUT2D eigenvalue weighted by atomic mass is 16.6. The second-order valence-electron chi connectivity index (χ2n) is 20.2. The van der Waals surface area contributed by atoms with E-state index in [0.29, 0.717) is 81.1 Å². The third-order valence-corrected chi connectivity index (χ3v) is 12.6. The Labute approximate surface area is 484 Å². The summed E-state index contributed by atoms with van der Waals surface area (Å²) in [6.45, 7) is 23.8. The number of hydrogen-bond donors (Lipinski definition) is 7. The van der Waals surface area contributed by atoms with Gasteiger partial charge in [-0.05, 0) is 126 Å². The molecular weight excluding hydrogens is 1090 g/mol. The Morgan fingerprint density at radius 2 is 0.952 bits per heavy atom. The van der Waals surface area contributed by atoms with Crippen molar-refractivity contribution in [2.45, 2.75) is 93.0 Å². The Hall–Kier alpha value is -8.91. The number of carboxylic acid groups (broad SMARTS) is 2. The van der Waals surface area contributed by atoms with Gasteiger partial charge in [-0.3, -0.25) is 39.3 Å². The van der Waals surface area contributed by atoms with Crippen LogP contribution < -0.4 is 42.1 Å². The molecule has 3 aliphatic rings. The molecule has 3 aliphatic heterocycles. The molecule has 0 spiro atoms. The number of amidine groups is 2. The van der Waals surface area contributed by atoms with Crippen molar-refractivity contribution < 1.29 is 72.6 Å². The van der Waals surface area contributed by atoms with Gasteiger partial charge in [0.25, 0.3) is 5.82 Å². The minimum absolute atomic E-state index is 0.0253. The largest absolute Gasteiger partial charge is 0.492 e. The Morgan fingerprint density at radius 3 is 1.30 bits per heavy atom. The first kappa shape index (κ1) is 62.7. The molecule has 0 saturated carbocycles. The number of carbonyl (C=O) groups is 3. The second kappa shape index (κ2) is 28.4. The van der Waals surface area contributed by atoms with Gasteiger partial charge in [-0.1, -0.05) is 39.3 Å². The minimum atomic E-state index is -1.21. The highest BCUT2D eigenvalue weighted by Crippen LogP contribution is 2.36. The van der Waals surface area contributed by atoms with Crippen LogP contribution in [-0.2, 0) is 33.1 Å². The van der Waals surface area contributed by atoms with Crippen LogP contribution in [0.25, 0.3) is 4.85 Å². The molecule has 26 nitrogen and oxygen atoms in total. The normalized spacial score (nSPS) is 16.0. The topological polar surface area (TPSA) is 375 Å². The lowest BCUT2D eigenvalue weighted by molar-refractivity contribution is -0.145. The highest BCUT2D eigenvalue weighted by molar-refractivity contribution is 6.62. The van der Waals surface area contributed by atoms with Crippen molar-refractivity contribution in [3.05, 3.63) is 130 Å². The standard InChI is InChI=1S/2C19H23BN4O5.C17H16BN3O5/c2*1-10(2)7-23-19(21)14-8-22-9-16(24-14)28-12-4-11(3)18-13(5-12)20(27)29-15(18)6-17(25)26;1-4-24-16(22)7-13-17-10(2)5-11(6-12(17)18(23)26-13)25-15-9-20-8-14(19-3)21-15/h2*4-5,8-10,15,27H,6-7H2,1-3H3,(H2,21,23)(H,25,26);5-6,8-9,13,23H,4,7H2,1-2H3. The summed E-state index contributed by atoms with van der Waals surface area (Å²) in [6, 6.07) is 10.1. The van der Waals surface area contributed by atoms with E-state index in [9.17, 15) is 29.5 Å². The van der Waals surface area contributed by atoms with E-state index in [1.807, 2.05) is 34.6 Å². The summed E-state index contributed by atoms with van der Waals surface area (Å²) < 4.78 is 38.5. The summed E-state index contributed by atoms with van der Waals surface area (Å²) in [4.78, 5) is 70.4. The third kappa shape index (κ3) is 16.4. The molecule has 9 rings (SSSR count). The van der Waals surface area contributed by atoms with Crippen molar-refractivity contribution >= 4 is 73.1 Å². The maximum absolute atomic E-state index is 11.7. The molecule has 3 aromatic heterocycles. The summed E-state index contributed by atoms with van der Waals surface area (Å²) in [5, 5.41) is 48.6. The van der Waals surface area contributed by atoms with Gasteiger partial charge < -0.3 is 74.5 Å². The van der Waals surface area contributed by atoms with Gasteiger partial charge in [-0.15, -0.1) is 0 Å². The highest BCUT2D eigenvalue weighted by Gasteiger charge is 2.40. The van der Waals surface area contributed by atoms with Gasteiger partial charge in [0.2, 0.25) is 11.8 Å². The van der Waals surface area contributed by atoms with Crippen LogP contribution in [0.15, 0.2) is 83.6 Å². The van der Waals surface area contributed by atoms with Gasteiger partial charge in [0, 0.05) is 13.1 Å². The molecule has 0 radical (unpaired) electrons. The summed E-state index contributed by atoms with van der Waals surface area (Å²) in [5.41, 5.74) is 18.6. The molecule has 3 atom stereocenters. The van der Waals surface area contributed by atoms with Crippen molar-refractivity contribution in [3.8, 4) is 34.9 Å². The predicted molar refractivity (Wildman–Crippen MR) is 307 cm³/mol. The molecule has 6 aromatic rings. The lowest BCUT2D eigenvalue weighted by Crippen LogP contribution is -2.28. The van der Waals surface area contributed by atoms with Crippen molar-refractivity contribution in [1.29, 1.82) is 0 Å². The molecule has 9 N–H and O–H groups in total. The number of benzene rings is 3. The zero-order chi connectivity index (χ0) is 60.9. The average Bonchev–Trinajstić information content (AvgIpc) is 3.11. The second-order valence-corrected chi connectivity index (χ2v) is 20.2. The molecule has 84 heavy (non-hydrogen) atoms. The van der Waals surface area contributed by atoms with E-state index in [2.05, 4.69) is 44.7 Å². The van der Waals surface area contributed by atoms with Gasteiger partial charge in [0.15, 0.2) is 0 Å². The number of rotatable bonds is 19. The summed E-state index contributed by atoms with van der Waals surface area (Å²) in [5.74, 6) is 0.922. The SMILES string of the molecule is Cc1cc(Oc2cncc(C(N)=NCC(C)C)n2)cc2c1C(CC(=O)O)OB2O.Cc1cc(Oc2cncc(C(N)=NCC(C)C)n2)cc2c1C(CC(=O)O)OB2O.[C-]#[N+]c1cncc(Oc2cc(C)c3c(c2)B(O)OC3CC(=O)OCC)n1. The van der Waals surface area contributed by atoms with E-state index < -0.39 is 51.6 Å². The van der Waals surface area contributed by atoms with Gasteiger partial charge in [0.05, 0.1) is 75.2 Å². The number of fused-ring (bicyclic) bond motifs is 3. The molecule has 3 aromatic carbocycles. The number of aromatic nitrogens is 6. The van der Waals surface area contributed by atoms with Crippen LogP contribution in [-0.4, -0.2) is 126 Å². The molecule has 0 bridgehead atoms. The van der Waals surface area contributed by atoms with Crippen LogP contribution in [0.1, 0.15) is 117 Å². The average molecular weight is 1150 g/mol. The summed E-state index contributed by atoms with van der Waals surface area (Å²) >= 11 is 0. The Balaban J connectivity index is 0.000000181. The van der Waals surface area contributed by atoms with E-state index in [1.54, 1.807) is 57.2 Å². The summed E-state index contributed by atoms with van der Waals surface area (Å²) in [7, 11) is -3.59. The number of aryl methyl sites for hydroxylation is 3. The fourth-order valence-electron chi connectivity index (χ4n) is 9.08. The number of carbonyl (C=O) groups excluding carboxylic acids is 1. The van der Waals surface area contributed by atoms with E-state index >= 15 is 0 Å². The Kier molecular flexibility index (Phi) is 21.2. The van der Waals surface area contributed by atoms with Crippen LogP contribution >= 0.6 is 0 Å². The molecular formula is C55H62B3N11O15. The lowest BCUT2D eigenvalue weighted by atomic mass is 9.77. The van der Waals surface area contributed by atoms with Crippen molar-refractivity contribution in [2.24, 2.45) is 33.3 Å². The van der Waals surface area contributed by atoms with E-state index in [-0.39, 0.29) is 67.0 Å². The predicted octanol–water partition coefficient (Wildman–Crippen LogP) is 4.18. The molecule has 6 heterocycles. The van der Waals surface area contributed by atoms with Crippen LogP contribution in [0.4, 0.5) is 5.82 Å². The van der Waals surface area contributed by atoms with Crippen molar-refractivity contribution in [2.75, 3.05) is 19.7 Å². The number of hydrogen-bond acceptors (Lipinski definition) is 21. The minimum Gasteiger partial charge on any atom is -0.481 e. The van der Waals surface area contributed by atoms with Gasteiger partial charge in [-0.2, -0.15) is 0 Å². The number of esters is 1. The first-order valence-electron chi connectivity index (χ1n) is 26.5. The van der Waals surface area contributed by atoms with Crippen LogP contribution in [0.5, 0.6) is 34.9 Å². The number of ether oxygens (including phenoxy) is 4. The molecule has 436 valence electrons. The number of nitrogens with zero attached hydrogens (tertiary/aromatic N) is 9. The van der Waals surface area contributed by atoms with Crippen LogP contribution in [0, 0.1) is 39.2 Å². The first-order chi connectivity index (χ1) is 40.0. The molecule has 0 aliphatic carbocycles. The monoisotopic (exact) mass is 1150 g/mol. The Morgan fingerprint density at radius 1 is 0.595 bits per heavy atom. The van der Waals surface area contributed by atoms with Crippen LogP contribution in [0.2, 0.25) is 0 Å². The molecule has 0 amide bonds. The molecule has 3 unspecified atom stereocenters. The smallest absolute Gasteiger partial charge is 0.481 e. The van der Waals surface area contributed by atoms with E-state index in [0.717, 1.165) is 22.3 Å². The number of nitrogens with two attached hydrogens (primary N) is 2. The number of carboxylic acids is 2. The van der Waals surface area contributed by atoms with Crippen molar-refractivity contribution in [3.63, 3.8) is 0 Å². The van der Waals surface area contributed by atoms with Crippen LogP contribution in [0.3, 0.4) is 0 Å². The molecule has 29 heteroatoms. The zero-order valence-corrected chi connectivity index (χ0v) is 47.3. The molecule has 0 fully saturated rings. The third-order valence-electron chi connectivity index (χ3n) is 12.6. The van der Waals surface area contributed by atoms with E-state index in [4.69, 9.17) is 61.2 Å². The lowest BCUT2D eigenvalue weighted by Gasteiger charge is -2.14. The van der Waals surface area contributed by atoms with Gasteiger partial charge >= 0.3 is 45.1 Å². The zero-order valence-electron chi connectivity index (χ0n) is 47.3. The number of aliphatic carboxylic acids is 2. The fourth-order valence-corrected chi connectivity index (χ4v) is 9.08. The quantitative estimate of drug-likeness (QED) is 0.0196. The maximum Gasteiger partial charge on any atom is 0.492 e. The van der Waals surface area contributed by atoms with Gasteiger partial charge in [-0.25, -0.2) is 9.97 Å². The maximum atomic E-state index is 11.7. The molecule has 0 saturated heterocycles. The summed E-state index contributed by atoms with van der Waals surface area (Å²) in [6.07, 6.45) is 6.24. The number of aliphatic imine (C=N–C) groups is 2.